The van der Waals surface area contributed by atoms with E-state index in [9.17, 15) is 32.3 Å². The van der Waals surface area contributed by atoms with E-state index in [4.69, 9.17) is 4.74 Å². The van der Waals surface area contributed by atoms with Gasteiger partial charge in [0.2, 0.25) is 11.8 Å². The topological polar surface area (TPSA) is 109 Å². The summed E-state index contributed by atoms with van der Waals surface area (Å²) in [6.07, 6.45) is -4.68. The minimum absolute atomic E-state index is 0.198. The van der Waals surface area contributed by atoms with Gasteiger partial charge in [0, 0.05) is 31.9 Å². The molecule has 0 bridgehead atoms. The van der Waals surface area contributed by atoms with Crippen molar-refractivity contribution in [2.75, 3.05) is 16.8 Å². The minimum Gasteiger partial charge on any atom is -0.483 e. The number of nitrogens with zero attached hydrogens (tertiary/aromatic N) is 1. The van der Waals surface area contributed by atoms with Crippen molar-refractivity contribution in [3.05, 3.63) is 115 Å². The minimum atomic E-state index is -4.68. The highest BCUT2D eigenvalue weighted by Crippen LogP contribution is 2.55. The second kappa shape index (κ2) is 12.0. The van der Waals surface area contributed by atoms with Crippen molar-refractivity contribution in [2.24, 2.45) is 5.92 Å². The van der Waals surface area contributed by atoms with E-state index >= 15 is 0 Å². The zero-order valence-electron chi connectivity index (χ0n) is 23.8. The van der Waals surface area contributed by atoms with Crippen LogP contribution in [0, 0.1) is 5.92 Å². The first-order valence-electron chi connectivity index (χ1n) is 14.1. The van der Waals surface area contributed by atoms with E-state index in [0.29, 0.717) is 25.6 Å². The number of thiazole rings is 1. The molecule has 3 atom stereocenters. The van der Waals surface area contributed by atoms with E-state index < -0.39 is 58.0 Å². The molecule has 4 aromatic carbocycles. The van der Waals surface area contributed by atoms with Gasteiger partial charge in [-0.2, -0.15) is 13.2 Å². The second-order valence-electron chi connectivity index (χ2n) is 10.9. The average Bonchev–Trinajstić information content (AvgIpc) is 3.54. The zero-order valence-corrected chi connectivity index (χ0v) is 27.1. The Morgan fingerprint density at radius 3 is 2.53 bits per heavy atom. The molecule has 3 heterocycles. The number of anilines is 2. The zero-order chi connectivity index (χ0) is 33.0. The predicted molar refractivity (Wildman–Crippen MR) is 176 cm³/mol. The molecule has 14 heteroatoms. The van der Waals surface area contributed by atoms with Crippen LogP contribution < -0.4 is 19.8 Å². The highest BCUT2D eigenvalue weighted by Gasteiger charge is 2.57. The van der Waals surface area contributed by atoms with Crippen LogP contribution in [-0.4, -0.2) is 34.6 Å². The fraction of sp³-hybridized carbons (Fsp3) is 0.152. The average molecular weight is 741 g/mol. The van der Waals surface area contributed by atoms with E-state index in [1.54, 1.807) is 24.3 Å². The molecule has 1 fully saturated rings. The largest absolute Gasteiger partial charge is 0.483 e. The number of hydrogen-bond acceptors (Lipinski definition) is 7. The van der Waals surface area contributed by atoms with Crippen molar-refractivity contribution in [1.29, 1.82) is 0 Å². The Hall–Kier alpha value is -4.40. The number of nitrogens with one attached hydrogen (secondary N) is 2. The molecule has 1 saturated heterocycles. The number of amides is 3. The molecule has 7 rings (SSSR count). The molecule has 1 aromatic heterocycles. The summed E-state index contributed by atoms with van der Waals surface area (Å²) in [6, 6.07) is 22.2. The van der Waals surface area contributed by atoms with Gasteiger partial charge < -0.3 is 15.0 Å². The molecular formula is C33H21BrF3N3O5S2. The summed E-state index contributed by atoms with van der Waals surface area (Å²) >= 11 is 5.33. The third-order valence-electron chi connectivity index (χ3n) is 7.98. The highest BCUT2D eigenvalue weighted by atomic mass is 79.9. The van der Waals surface area contributed by atoms with E-state index in [1.165, 1.54) is 6.07 Å². The maximum Gasteiger partial charge on any atom is 0.416 e. The van der Waals surface area contributed by atoms with E-state index in [0.717, 1.165) is 57.0 Å². The van der Waals surface area contributed by atoms with Crippen LogP contribution in [0.15, 0.2) is 99.2 Å². The lowest BCUT2D eigenvalue weighted by Gasteiger charge is -2.31. The van der Waals surface area contributed by atoms with Gasteiger partial charge in [-0.3, -0.25) is 19.2 Å². The van der Waals surface area contributed by atoms with Gasteiger partial charge in [0.25, 0.3) is 5.91 Å². The predicted octanol–water partition coefficient (Wildman–Crippen LogP) is 7.18. The number of alkyl halides is 3. The number of benzene rings is 4. The first-order valence-corrected chi connectivity index (χ1v) is 16.6. The van der Waals surface area contributed by atoms with Crippen LogP contribution in [0.25, 0.3) is 10.8 Å². The van der Waals surface area contributed by atoms with Crippen LogP contribution >= 0.6 is 39.0 Å². The number of aromatic amines is 1. The normalized spacial score (nSPS) is 19.1. The van der Waals surface area contributed by atoms with Crippen LogP contribution in [0.4, 0.5) is 24.5 Å². The SMILES string of the molecule is O=C(COc1ccc(Br)cc1C1c2sc(=O)[nH]c2SC2C(=O)N(c3cccc(C(F)(F)F)c3)C(=O)C21)Nc1cccc2ccccc12. The summed E-state index contributed by atoms with van der Waals surface area (Å²) in [7, 11) is 0. The molecule has 238 valence electrons. The maximum atomic E-state index is 14.1. The Labute approximate surface area is 281 Å². The molecule has 2 aliphatic heterocycles. The summed E-state index contributed by atoms with van der Waals surface area (Å²) in [6.45, 7) is -0.396. The Balaban J connectivity index is 1.23. The highest BCUT2D eigenvalue weighted by molar-refractivity contribution is 9.10. The van der Waals surface area contributed by atoms with Gasteiger partial charge in [-0.1, -0.05) is 81.5 Å². The van der Waals surface area contributed by atoms with E-state index in [1.807, 2.05) is 36.4 Å². The number of ether oxygens (including phenoxy) is 1. The molecule has 0 aliphatic carbocycles. The number of H-pyrrole nitrogens is 1. The van der Waals surface area contributed by atoms with E-state index in [2.05, 4.69) is 26.2 Å². The molecule has 8 nitrogen and oxygen atoms in total. The number of halogens is 4. The molecule has 0 spiro atoms. The van der Waals surface area contributed by atoms with Gasteiger partial charge >= 0.3 is 11.0 Å². The number of aromatic nitrogens is 1. The molecule has 3 amide bonds. The lowest BCUT2D eigenvalue weighted by atomic mass is 9.82. The van der Waals surface area contributed by atoms with Gasteiger partial charge in [-0.05, 0) is 47.9 Å². The Kier molecular flexibility index (Phi) is 7.97. The number of hydrogen-bond donors (Lipinski definition) is 2. The van der Waals surface area contributed by atoms with E-state index in [-0.39, 0.29) is 11.4 Å². The van der Waals surface area contributed by atoms with Gasteiger partial charge in [0.15, 0.2) is 6.61 Å². The van der Waals surface area contributed by atoms with Crippen molar-refractivity contribution in [3.8, 4) is 5.75 Å². The number of rotatable bonds is 6. The number of thioether (sulfide) groups is 1. The lowest BCUT2D eigenvalue weighted by Crippen LogP contribution is -2.32. The van der Waals surface area contributed by atoms with Crippen molar-refractivity contribution < 1.29 is 32.3 Å². The molecule has 0 radical (unpaired) electrons. The van der Waals surface area contributed by atoms with Gasteiger partial charge in [0.05, 0.1) is 22.2 Å². The number of fused-ring (bicyclic) bond motifs is 3. The number of imide groups is 1. The standard InChI is InChI=1S/C33H21BrF3N3O5S2/c34-18-11-12-23(45-15-24(41)38-22-10-3-6-16-5-1-2-9-20(16)22)21(14-18)25-26-28(46-29-27(25)47-32(44)39-29)31(43)40(30(26)42)19-8-4-7-17(13-19)33(35,36)37/h1-14,25-26,28H,15H2,(H,38,41)(H,39,44). The number of carbonyl (C=O) groups is 3. The first kappa shape index (κ1) is 31.2. The monoisotopic (exact) mass is 739 g/mol. The summed E-state index contributed by atoms with van der Waals surface area (Å²) < 4.78 is 47.2. The second-order valence-corrected chi connectivity index (χ2v) is 13.9. The third-order valence-corrected chi connectivity index (χ3v) is 10.9. The van der Waals surface area contributed by atoms with Crippen molar-refractivity contribution >= 4 is 78.9 Å². The molecule has 2 aliphatic rings. The van der Waals surface area contributed by atoms with Gasteiger partial charge in [-0.15, -0.1) is 0 Å². The van der Waals surface area contributed by atoms with Crippen molar-refractivity contribution in [1.82, 2.24) is 4.98 Å². The Bertz CT molecular complexity index is 2140. The summed E-state index contributed by atoms with van der Waals surface area (Å²) in [5.41, 5.74) is -0.165. The lowest BCUT2D eigenvalue weighted by molar-refractivity contribution is -0.137. The summed E-state index contributed by atoms with van der Waals surface area (Å²) in [4.78, 5) is 57.1. The van der Waals surface area contributed by atoms with Crippen molar-refractivity contribution in [2.45, 2.75) is 22.4 Å². The van der Waals surface area contributed by atoms with Crippen LogP contribution in [0.1, 0.15) is 21.9 Å². The molecule has 47 heavy (non-hydrogen) atoms. The summed E-state index contributed by atoms with van der Waals surface area (Å²) in [5, 5.41) is 4.01. The number of carbonyl (C=O) groups excluding carboxylic acids is 3. The maximum absolute atomic E-state index is 14.1. The van der Waals surface area contributed by atoms with Gasteiger partial charge in [0.1, 0.15) is 11.0 Å². The third kappa shape index (κ3) is 5.74. The molecule has 2 N–H and O–H groups in total. The molecular weight excluding hydrogens is 719 g/mol. The quantitative estimate of drug-likeness (QED) is 0.179. The van der Waals surface area contributed by atoms with Gasteiger partial charge in [-0.25, -0.2) is 4.90 Å². The molecule has 3 unspecified atom stereocenters. The first-order chi connectivity index (χ1) is 22.5. The Morgan fingerprint density at radius 2 is 1.72 bits per heavy atom. The fourth-order valence-electron chi connectivity index (χ4n) is 5.99. The summed E-state index contributed by atoms with van der Waals surface area (Å²) in [5.74, 6) is -3.58. The van der Waals surface area contributed by atoms with Crippen molar-refractivity contribution in [3.63, 3.8) is 0 Å². The van der Waals surface area contributed by atoms with Crippen LogP contribution in [0.3, 0.4) is 0 Å². The molecule has 0 saturated carbocycles. The van der Waals surface area contributed by atoms with Crippen LogP contribution in [0.2, 0.25) is 0 Å². The Morgan fingerprint density at radius 1 is 0.957 bits per heavy atom. The van der Waals surface area contributed by atoms with Crippen LogP contribution in [-0.2, 0) is 20.6 Å². The fourth-order valence-corrected chi connectivity index (χ4v) is 8.87. The smallest absolute Gasteiger partial charge is 0.416 e. The van der Waals surface area contributed by atoms with Crippen LogP contribution in [0.5, 0.6) is 5.75 Å². The molecule has 5 aromatic rings.